The van der Waals surface area contributed by atoms with Gasteiger partial charge in [-0.25, -0.2) is 0 Å². The van der Waals surface area contributed by atoms with E-state index in [1.807, 2.05) is 0 Å². The first-order valence-corrected chi connectivity index (χ1v) is 9.31. The number of benzene rings is 1. The van der Waals surface area contributed by atoms with Gasteiger partial charge in [0.2, 0.25) is 0 Å². The van der Waals surface area contributed by atoms with E-state index in [0.717, 1.165) is 11.8 Å². The van der Waals surface area contributed by atoms with E-state index in [-0.39, 0.29) is 5.54 Å². The van der Waals surface area contributed by atoms with Crippen LogP contribution < -0.4 is 5.32 Å². The van der Waals surface area contributed by atoms with Gasteiger partial charge in [0, 0.05) is 11.3 Å². The maximum atomic E-state index is 4.04. The molecule has 0 amide bonds. The van der Waals surface area contributed by atoms with Gasteiger partial charge in [0.25, 0.3) is 0 Å². The van der Waals surface area contributed by atoms with Crippen molar-refractivity contribution in [2.45, 2.75) is 58.4 Å². The van der Waals surface area contributed by atoms with Gasteiger partial charge in [-0.05, 0) is 72.1 Å². The van der Waals surface area contributed by atoms with Crippen molar-refractivity contribution in [3.8, 4) is 0 Å². The highest BCUT2D eigenvalue weighted by molar-refractivity contribution is 5.88. The second-order valence-corrected chi connectivity index (χ2v) is 9.13. The third-order valence-electron chi connectivity index (χ3n) is 6.59. The van der Waals surface area contributed by atoms with Gasteiger partial charge in [0.15, 0.2) is 0 Å². The molecule has 5 rings (SSSR count). The van der Waals surface area contributed by atoms with Gasteiger partial charge in [-0.1, -0.05) is 45.0 Å². The van der Waals surface area contributed by atoms with Gasteiger partial charge in [-0.15, -0.1) is 0 Å². The largest absolute Gasteiger partial charge is 0.375 e. The molecule has 0 radical (unpaired) electrons. The molecule has 120 valence electrons. The van der Waals surface area contributed by atoms with Crippen LogP contribution >= 0.6 is 0 Å². The number of hydrogen-bond donors (Lipinski definition) is 1. The molecule has 2 bridgehead atoms. The Hall–Kier alpha value is -1.50. The van der Waals surface area contributed by atoms with Gasteiger partial charge in [-0.2, -0.15) is 0 Å². The summed E-state index contributed by atoms with van der Waals surface area (Å²) >= 11 is 0. The number of para-hydroxylation sites is 1. The summed E-state index contributed by atoms with van der Waals surface area (Å²) in [5.74, 6) is 1.56. The Kier molecular flexibility index (Phi) is 2.61. The van der Waals surface area contributed by atoms with Crippen LogP contribution in [0.5, 0.6) is 0 Å². The number of fused-ring (bicyclic) bond motifs is 3. The van der Waals surface area contributed by atoms with E-state index in [1.54, 1.807) is 16.7 Å². The van der Waals surface area contributed by atoms with E-state index in [0.29, 0.717) is 5.41 Å². The van der Waals surface area contributed by atoms with Gasteiger partial charge in [-0.3, -0.25) is 0 Å². The standard InChI is InChI=1S/C22H27N/c1-14-8-16-12-21(3)10-15(2)11-22(13-21)20(16)18(9-14)17-6-4-5-7-19(17)23-22/h4-7,12,14-15,23H,8-11,13H2,1-3H3/t14-,15+,21+,22-/m1/s1. The molecule has 1 N–H and O–H groups in total. The first-order chi connectivity index (χ1) is 11.0. The SMILES string of the molecule is C[C@@H]1CC2=C[C@]3(C)C[C@H](C)C[C@]4(C3)Nc3ccccc3C(=C24)C1. The maximum absolute atomic E-state index is 4.04. The summed E-state index contributed by atoms with van der Waals surface area (Å²) in [5.41, 5.74) is 8.42. The lowest BCUT2D eigenvalue weighted by molar-refractivity contribution is 0.153. The number of allylic oxidation sites excluding steroid dienone is 2. The summed E-state index contributed by atoms with van der Waals surface area (Å²) in [6.45, 7) is 7.37. The molecule has 0 saturated heterocycles. The van der Waals surface area contributed by atoms with Crippen LogP contribution in [0.25, 0.3) is 5.57 Å². The number of rotatable bonds is 0. The fourth-order valence-corrected chi connectivity index (χ4v) is 6.45. The summed E-state index contributed by atoms with van der Waals surface area (Å²) in [6.07, 6.45) is 9.10. The predicted molar refractivity (Wildman–Crippen MR) is 97.3 cm³/mol. The highest BCUT2D eigenvalue weighted by atomic mass is 15.0. The molecule has 4 atom stereocenters. The zero-order chi connectivity index (χ0) is 15.8. The van der Waals surface area contributed by atoms with Crippen molar-refractivity contribution in [1.82, 2.24) is 0 Å². The molecular formula is C22H27N. The van der Waals surface area contributed by atoms with Crippen LogP contribution in [0.15, 0.2) is 41.5 Å². The predicted octanol–water partition coefficient (Wildman–Crippen LogP) is 5.80. The van der Waals surface area contributed by atoms with Crippen LogP contribution in [0.1, 0.15) is 58.4 Å². The average Bonchev–Trinajstić information content (AvgIpc) is 2.44. The highest BCUT2D eigenvalue weighted by Crippen LogP contribution is 2.61. The molecule has 1 spiro atoms. The van der Waals surface area contributed by atoms with Crippen molar-refractivity contribution < 1.29 is 0 Å². The van der Waals surface area contributed by atoms with E-state index in [9.17, 15) is 0 Å². The van der Waals surface area contributed by atoms with Crippen LogP contribution in [0, 0.1) is 17.3 Å². The van der Waals surface area contributed by atoms with Crippen LogP contribution in [0.3, 0.4) is 0 Å². The number of nitrogens with one attached hydrogen (secondary N) is 1. The van der Waals surface area contributed by atoms with Crippen LogP contribution in [-0.4, -0.2) is 5.54 Å². The maximum Gasteiger partial charge on any atom is 0.0641 e. The lowest BCUT2D eigenvalue weighted by atomic mass is 9.52. The minimum absolute atomic E-state index is 0.195. The molecule has 23 heavy (non-hydrogen) atoms. The van der Waals surface area contributed by atoms with Crippen LogP contribution in [0.4, 0.5) is 5.69 Å². The summed E-state index contributed by atoms with van der Waals surface area (Å²) in [5, 5.41) is 4.04. The molecule has 1 aromatic rings. The van der Waals surface area contributed by atoms with Crippen molar-refractivity contribution in [2.24, 2.45) is 17.3 Å². The van der Waals surface area contributed by atoms with E-state index in [1.165, 1.54) is 43.4 Å². The molecule has 4 aliphatic rings. The van der Waals surface area contributed by atoms with Gasteiger partial charge in [0.1, 0.15) is 0 Å². The molecule has 0 unspecified atom stereocenters. The van der Waals surface area contributed by atoms with Crippen molar-refractivity contribution in [3.05, 3.63) is 47.1 Å². The molecular weight excluding hydrogens is 278 g/mol. The molecule has 1 heteroatoms. The summed E-state index contributed by atoms with van der Waals surface area (Å²) in [6, 6.07) is 9.01. The first-order valence-electron chi connectivity index (χ1n) is 9.31. The summed E-state index contributed by atoms with van der Waals surface area (Å²) in [4.78, 5) is 0. The summed E-state index contributed by atoms with van der Waals surface area (Å²) < 4.78 is 0. The van der Waals surface area contributed by atoms with Crippen molar-refractivity contribution in [2.75, 3.05) is 5.32 Å². The van der Waals surface area contributed by atoms with E-state index >= 15 is 0 Å². The lowest BCUT2D eigenvalue weighted by Crippen LogP contribution is -2.54. The normalized spacial score (nSPS) is 40.7. The van der Waals surface area contributed by atoms with Gasteiger partial charge >= 0.3 is 0 Å². The Balaban J connectivity index is 1.82. The van der Waals surface area contributed by atoms with Crippen molar-refractivity contribution in [1.29, 1.82) is 0 Å². The second kappa shape index (κ2) is 4.32. The van der Waals surface area contributed by atoms with Gasteiger partial charge < -0.3 is 5.32 Å². The topological polar surface area (TPSA) is 12.0 Å². The third-order valence-corrected chi connectivity index (χ3v) is 6.59. The van der Waals surface area contributed by atoms with E-state index < -0.39 is 0 Å². The molecule has 1 saturated carbocycles. The summed E-state index contributed by atoms with van der Waals surface area (Å²) in [7, 11) is 0. The lowest BCUT2D eigenvalue weighted by Gasteiger charge is -2.57. The molecule has 1 heterocycles. The monoisotopic (exact) mass is 305 g/mol. The van der Waals surface area contributed by atoms with E-state index in [2.05, 4.69) is 56.4 Å². The molecule has 1 aromatic carbocycles. The number of anilines is 1. The molecule has 0 aromatic heterocycles. The van der Waals surface area contributed by atoms with Crippen LogP contribution in [-0.2, 0) is 0 Å². The Labute approximate surface area is 139 Å². The first kappa shape index (κ1) is 13.9. The van der Waals surface area contributed by atoms with Gasteiger partial charge in [0.05, 0.1) is 5.54 Å². The highest BCUT2D eigenvalue weighted by Gasteiger charge is 2.53. The molecule has 1 fully saturated rings. The quantitative estimate of drug-likeness (QED) is 0.638. The van der Waals surface area contributed by atoms with Crippen LogP contribution in [0.2, 0.25) is 0 Å². The zero-order valence-electron chi connectivity index (χ0n) is 14.6. The Morgan fingerprint density at radius 1 is 1.04 bits per heavy atom. The fourth-order valence-electron chi connectivity index (χ4n) is 6.45. The fraction of sp³-hybridized carbons (Fsp3) is 0.545. The van der Waals surface area contributed by atoms with Crippen molar-refractivity contribution in [3.63, 3.8) is 0 Å². The second-order valence-electron chi connectivity index (χ2n) is 9.13. The minimum Gasteiger partial charge on any atom is -0.375 e. The zero-order valence-corrected chi connectivity index (χ0v) is 14.6. The Morgan fingerprint density at radius 3 is 2.74 bits per heavy atom. The number of hydrogen-bond acceptors (Lipinski definition) is 1. The molecule has 3 aliphatic carbocycles. The Morgan fingerprint density at radius 2 is 1.87 bits per heavy atom. The van der Waals surface area contributed by atoms with Crippen molar-refractivity contribution >= 4 is 11.3 Å². The molecule has 1 nitrogen and oxygen atoms in total. The Bertz CT molecular complexity index is 755. The third kappa shape index (κ3) is 1.86. The molecule has 1 aliphatic heterocycles. The average molecular weight is 305 g/mol. The van der Waals surface area contributed by atoms with E-state index in [4.69, 9.17) is 0 Å². The minimum atomic E-state index is 0.195. The smallest absolute Gasteiger partial charge is 0.0641 e.